The second-order valence-corrected chi connectivity index (χ2v) is 11.7. The number of carbonyl (C=O) groups excluding carboxylic acids is 2. The van der Waals surface area contributed by atoms with Gasteiger partial charge in [0.05, 0.1) is 0 Å². The largest absolute Gasteiger partial charge is 0.480 e. The topological polar surface area (TPSA) is 95.9 Å². The summed E-state index contributed by atoms with van der Waals surface area (Å²) in [4.78, 5) is 39.3. The first-order chi connectivity index (χ1) is 20.9. The summed E-state index contributed by atoms with van der Waals surface area (Å²) >= 11 is 3.37. The third kappa shape index (κ3) is 7.90. The minimum Gasteiger partial charge on any atom is -0.480 e. The third-order valence-corrected chi connectivity index (χ3v) is 8.13. The van der Waals surface area contributed by atoms with Crippen LogP contribution in [0.4, 0.5) is 0 Å². The number of hydrazine groups is 1. The molecule has 7 nitrogen and oxygen atoms in total. The van der Waals surface area contributed by atoms with Gasteiger partial charge in [0.2, 0.25) is 5.91 Å². The van der Waals surface area contributed by atoms with Crippen molar-refractivity contribution >= 4 is 33.7 Å². The average Bonchev–Trinajstić information content (AvgIpc) is 3.52. The molecule has 0 saturated heterocycles. The summed E-state index contributed by atoms with van der Waals surface area (Å²) < 4.78 is 6.79. The SMILES string of the molecule is O=C(CC1CCCC1)NN(C(=O)c1cccc(Br)c1)C(Cc1ccc(-c2ccccc2Oc2ccccc2)cc1)C(=O)O. The number of carboxylic acid groups (broad SMARTS) is 1. The fraction of sp³-hybridized carbons (Fsp3) is 0.229. The van der Waals surface area contributed by atoms with Crippen LogP contribution in [0.2, 0.25) is 0 Å². The molecule has 0 spiro atoms. The van der Waals surface area contributed by atoms with Gasteiger partial charge in [-0.25, -0.2) is 9.80 Å². The Balaban J connectivity index is 1.38. The van der Waals surface area contributed by atoms with Gasteiger partial charge in [-0.3, -0.25) is 15.0 Å². The number of hydrogen-bond donors (Lipinski definition) is 2. The number of hydrogen-bond acceptors (Lipinski definition) is 4. The molecular weight excluding hydrogens is 608 g/mol. The first kappa shape index (κ1) is 30.0. The van der Waals surface area contributed by atoms with Gasteiger partial charge in [0, 0.05) is 28.4 Å². The highest BCUT2D eigenvalue weighted by Crippen LogP contribution is 2.33. The Morgan fingerprint density at radius 1 is 0.884 bits per heavy atom. The van der Waals surface area contributed by atoms with Gasteiger partial charge in [0.25, 0.3) is 5.91 Å². The number of carbonyl (C=O) groups is 3. The van der Waals surface area contributed by atoms with Gasteiger partial charge >= 0.3 is 5.97 Å². The van der Waals surface area contributed by atoms with Gasteiger partial charge in [-0.1, -0.05) is 95.5 Å². The van der Waals surface area contributed by atoms with E-state index in [9.17, 15) is 19.5 Å². The van der Waals surface area contributed by atoms with E-state index in [1.54, 1.807) is 24.3 Å². The molecule has 0 aromatic heterocycles. The Bertz CT molecular complexity index is 1570. The van der Waals surface area contributed by atoms with Gasteiger partial charge in [-0.05, 0) is 66.3 Å². The molecule has 0 aliphatic heterocycles. The predicted octanol–water partition coefficient (Wildman–Crippen LogP) is 7.66. The van der Waals surface area contributed by atoms with Crippen molar-refractivity contribution in [2.24, 2.45) is 5.92 Å². The minimum atomic E-state index is -1.32. The molecular formula is C35H33BrN2O5. The monoisotopic (exact) mass is 640 g/mol. The molecule has 2 N–H and O–H groups in total. The lowest BCUT2D eigenvalue weighted by Gasteiger charge is -2.30. The summed E-state index contributed by atoms with van der Waals surface area (Å²) in [5, 5.41) is 11.3. The fourth-order valence-corrected chi connectivity index (χ4v) is 5.83. The maximum atomic E-state index is 13.6. The van der Waals surface area contributed by atoms with Gasteiger partial charge in [-0.2, -0.15) is 0 Å². The number of amides is 2. The number of para-hydroxylation sites is 2. The molecule has 220 valence electrons. The van der Waals surface area contributed by atoms with Crippen LogP contribution in [0.1, 0.15) is 48.0 Å². The highest BCUT2D eigenvalue weighted by Gasteiger charge is 2.33. The molecule has 4 aromatic rings. The number of ether oxygens (including phenoxy) is 1. The summed E-state index contributed by atoms with van der Waals surface area (Å²) in [6.07, 6.45) is 4.34. The number of aliphatic carboxylic acids is 1. The Kier molecular flexibility index (Phi) is 9.89. The number of carboxylic acids is 1. The lowest BCUT2D eigenvalue weighted by atomic mass is 9.99. The summed E-state index contributed by atoms with van der Waals surface area (Å²) in [5.41, 5.74) is 5.42. The number of halogens is 1. The quantitative estimate of drug-likeness (QED) is 0.174. The molecule has 2 amide bonds. The molecule has 1 aliphatic carbocycles. The normalized spacial score (nSPS) is 13.7. The summed E-state index contributed by atoms with van der Waals surface area (Å²) in [7, 11) is 0. The number of nitrogens with one attached hydrogen (secondary N) is 1. The average molecular weight is 642 g/mol. The van der Waals surface area contributed by atoms with E-state index in [0.717, 1.165) is 47.6 Å². The third-order valence-electron chi connectivity index (χ3n) is 7.63. The van der Waals surface area contributed by atoms with Gasteiger partial charge < -0.3 is 9.84 Å². The lowest BCUT2D eigenvalue weighted by molar-refractivity contribution is -0.144. The number of nitrogens with zero attached hydrogens (tertiary/aromatic N) is 1. The summed E-state index contributed by atoms with van der Waals surface area (Å²) in [6.45, 7) is 0. The van der Waals surface area contributed by atoms with Crippen LogP contribution in [0.3, 0.4) is 0 Å². The molecule has 4 aromatic carbocycles. The van der Waals surface area contributed by atoms with E-state index < -0.39 is 17.9 Å². The lowest BCUT2D eigenvalue weighted by Crippen LogP contribution is -2.55. The van der Waals surface area contributed by atoms with E-state index in [0.29, 0.717) is 15.8 Å². The van der Waals surface area contributed by atoms with Crippen molar-refractivity contribution in [1.82, 2.24) is 10.4 Å². The van der Waals surface area contributed by atoms with Gasteiger partial charge in [-0.15, -0.1) is 0 Å². The maximum absolute atomic E-state index is 13.6. The summed E-state index contributed by atoms with van der Waals surface area (Å²) in [5.74, 6) is -0.492. The standard InChI is InChI=1S/C35H33BrN2O5/c36-28-12-8-11-27(23-28)34(40)38(37-33(39)22-24-9-4-5-10-24)31(35(41)42)21-25-17-19-26(20-18-25)30-15-6-7-16-32(30)43-29-13-2-1-3-14-29/h1-3,6-8,11-20,23-24,31H,4-5,9-10,21-22H2,(H,37,39)(H,41,42). The Labute approximate surface area is 259 Å². The smallest absolute Gasteiger partial charge is 0.328 e. The van der Waals surface area contributed by atoms with Crippen molar-refractivity contribution in [2.75, 3.05) is 0 Å². The Morgan fingerprint density at radius 3 is 2.28 bits per heavy atom. The molecule has 1 unspecified atom stereocenters. The fourth-order valence-electron chi connectivity index (χ4n) is 5.43. The molecule has 0 heterocycles. The molecule has 5 rings (SSSR count). The molecule has 0 radical (unpaired) electrons. The van der Waals surface area contributed by atoms with Crippen LogP contribution < -0.4 is 10.2 Å². The molecule has 1 fully saturated rings. The first-order valence-electron chi connectivity index (χ1n) is 14.4. The molecule has 1 aliphatic rings. The zero-order valence-electron chi connectivity index (χ0n) is 23.6. The number of rotatable bonds is 10. The van der Waals surface area contributed by atoms with Crippen molar-refractivity contribution in [3.8, 4) is 22.6 Å². The second-order valence-electron chi connectivity index (χ2n) is 10.7. The van der Waals surface area contributed by atoms with Crippen molar-refractivity contribution < 1.29 is 24.2 Å². The molecule has 43 heavy (non-hydrogen) atoms. The molecule has 1 atom stereocenters. The van der Waals surface area contributed by atoms with E-state index in [1.165, 1.54) is 0 Å². The van der Waals surface area contributed by atoms with Crippen LogP contribution in [-0.2, 0) is 16.0 Å². The van der Waals surface area contributed by atoms with E-state index >= 15 is 0 Å². The van der Waals surface area contributed by atoms with Crippen LogP contribution in [0, 0.1) is 5.92 Å². The van der Waals surface area contributed by atoms with Gasteiger partial charge in [0.1, 0.15) is 11.5 Å². The molecule has 0 bridgehead atoms. The van der Waals surface area contributed by atoms with E-state index in [-0.39, 0.29) is 30.2 Å². The van der Waals surface area contributed by atoms with Crippen LogP contribution in [-0.4, -0.2) is 33.9 Å². The van der Waals surface area contributed by atoms with E-state index in [2.05, 4.69) is 21.4 Å². The number of benzene rings is 4. The minimum absolute atomic E-state index is 0.00122. The summed E-state index contributed by atoms with van der Waals surface area (Å²) in [6, 6.07) is 30.1. The van der Waals surface area contributed by atoms with Crippen LogP contribution in [0.15, 0.2) is 108 Å². The van der Waals surface area contributed by atoms with E-state index in [1.807, 2.05) is 78.9 Å². The van der Waals surface area contributed by atoms with Crippen molar-refractivity contribution in [3.05, 3.63) is 119 Å². The zero-order chi connectivity index (χ0) is 30.2. The van der Waals surface area contributed by atoms with Crippen molar-refractivity contribution in [1.29, 1.82) is 0 Å². The van der Waals surface area contributed by atoms with Crippen LogP contribution in [0.25, 0.3) is 11.1 Å². The van der Waals surface area contributed by atoms with Gasteiger partial charge in [0.15, 0.2) is 6.04 Å². The van der Waals surface area contributed by atoms with E-state index in [4.69, 9.17) is 4.74 Å². The Morgan fingerprint density at radius 2 is 1.58 bits per heavy atom. The Hall–Kier alpha value is -4.43. The molecule has 1 saturated carbocycles. The van der Waals surface area contributed by atoms with Crippen molar-refractivity contribution in [2.45, 2.75) is 44.6 Å². The second kappa shape index (κ2) is 14.2. The highest BCUT2D eigenvalue weighted by molar-refractivity contribution is 9.10. The van der Waals surface area contributed by atoms with Crippen LogP contribution in [0.5, 0.6) is 11.5 Å². The highest BCUT2D eigenvalue weighted by atomic mass is 79.9. The first-order valence-corrected chi connectivity index (χ1v) is 15.2. The zero-order valence-corrected chi connectivity index (χ0v) is 25.2. The maximum Gasteiger partial charge on any atom is 0.328 e. The predicted molar refractivity (Wildman–Crippen MR) is 169 cm³/mol. The molecule has 8 heteroatoms. The van der Waals surface area contributed by atoms with Crippen molar-refractivity contribution in [3.63, 3.8) is 0 Å². The van der Waals surface area contributed by atoms with Crippen LogP contribution >= 0.6 is 15.9 Å².